The molecule has 1 aromatic carbocycles. The van der Waals surface area contributed by atoms with Gasteiger partial charge in [0.2, 0.25) is 0 Å². The summed E-state index contributed by atoms with van der Waals surface area (Å²) in [7, 11) is 0. The molecule has 0 aliphatic carbocycles. The Bertz CT molecular complexity index is 931. The molecule has 7 heteroatoms. The van der Waals surface area contributed by atoms with Crippen LogP contribution >= 0.6 is 0 Å². The van der Waals surface area contributed by atoms with Crippen LogP contribution in [0.2, 0.25) is 0 Å². The molecule has 1 fully saturated rings. The van der Waals surface area contributed by atoms with Gasteiger partial charge in [0, 0.05) is 36.1 Å². The molecule has 29 heavy (non-hydrogen) atoms. The molecule has 1 aromatic heterocycles. The first-order valence-corrected chi connectivity index (χ1v) is 10.2. The van der Waals surface area contributed by atoms with Gasteiger partial charge in [0.05, 0.1) is 13.2 Å². The highest BCUT2D eigenvalue weighted by Gasteiger charge is 2.18. The first kappa shape index (κ1) is 21.3. The molecule has 0 spiro atoms. The zero-order valence-corrected chi connectivity index (χ0v) is 17.7. The molecule has 7 nitrogen and oxygen atoms in total. The SMILES string of the molecule is Cc1c(C)c2ccc(O[C@H](C)C(=O)NCCCN3CCOCC3)c(C)c2oc1=O. The Morgan fingerprint density at radius 2 is 1.90 bits per heavy atom. The van der Waals surface area contributed by atoms with E-state index < -0.39 is 6.10 Å². The summed E-state index contributed by atoms with van der Waals surface area (Å²) in [5.74, 6) is 0.382. The van der Waals surface area contributed by atoms with E-state index in [0.717, 1.165) is 55.8 Å². The maximum absolute atomic E-state index is 12.4. The van der Waals surface area contributed by atoms with Crippen LogP contribution < -0.4 is 15.7 Å². The molecule has 1 N–H and O–H groups in total. The second kappa shape index (κ2) is 9.41. The van der Waals surface area contributed by atoms with Crippen molar-refractivity contribution < 1.29 is 18.7 Å². The third-order valence-corrected chi connectivity index (χ3v) is 5.55. The van der Waals surface area contributed by atoms with Crippen molar-refractivity contribution >= 4 is 16.9 Å². The number of carbonyl (C=O) groups is 1. The van der Waals surface area contributed by atoms with Gasteiger partial charge >= 0.3 is 5.63 Å². The summed E-state index contributed by atoms with van der Waals surface area (Å²) in [6.45, 7) is 12.2. The van der Waals surface area contributed by atoms with Gasteiger partial charge in [0.1, 0.15) is 11.3 Å². The first-order chi connectivity index (χ1) is 13.9. The molecule has 1 amide bonds. The van der Waals surface area contributed by atoms with Crippen LogP contribution in [0.4, 0.5) is 0 Å². The summed E-state index contributed by atoms with van der Waals surface area (Å²) in [5.41, 5.74) is 2.39. The van der Waals surface area contributed by atoms with E-state index in [-0.39, 0.29) is 11.5 Å². The standard InChI is InChI=1S/C22H30N2O5/c1-14-15(2)22(26)29-20-16(3)19(7-6-18(14)20)28-17(4)21(25)23-8-5-9-24-10-12-27-13-11-24/h6-7,17H,5,8-13H2,1-4H3,(H,23,25)/t17-/m1/s1. The van der Waals surface area contributed by atoms with E-state index in [1.807, 2.05) is 26.0 Å². The van der Waals surface area contributed by atoms with Crippen LogP contribution in [0.1, 0.15) is 30.0 Å². The number of amides is 1. The summed E-state index contributed by atoms with van der Waals surface area (Å²) < 4.78 is 16.7. The van der Waals surface area contributed by atoms with Crippen molar-refractivity contribution in [2.45, 2.75) is 40.2 Å². The third kappa shape index (κ3) is 4.97. The highest BCUT2D eigenvalue weighted by molar-refractivity contribution is 5.86. The van der Waals surface area contributed by atoms with Gasteiger partial charge in [-0.15, -0.1) is 0 Å². The van der Waals surface area contributed by atoms with Gasteiger partial charge in [-0.25, -0.2) is 4.79 Å². The summed E-state index contributed by atoms with van der Waals surface area (Å²) >= 11 is 0. The lowest BCUT2D eigenvalue weighted by molar-refractivity contribution is -0.127. The van der Waals surface area contributed by atoms with Crippen molar-refractivity contribution in [3.8, 4) is 5.75 Å². The molecule has 0 bridgehead atoms. The number of nitrogens with zero attached hydrogens (tertiary/aromatic N) is 1. The molecule has 0 saturated carbocycles. The Labute approximate surface area is 171 Å². The molecule has 3 rings (SSSR count). The van der Waals surface area contributed by atoms with Crippen LogP contribution in [0.3, 0.4) is 0 Å². The second-order valence-corrected chi connectivity index (χ2v) is 7.56. The normalized spacial score (nSPS) is 16.0. The van der Waals surface area contributed by atoms with E-state index in [4.69, 9.17) is 13.9 Å². The number of aryl methyl sites for hydroxylation is 2. The average Bonchev–Trinajstić information content (AvgIpc) is 2.72. The number of morpholine rings is 1. The minimum absolute atomic E-state index is 0.159. The van der Waals surface area contributed by atoms with Gasteiger partial charge in [0.25, 0.3) is 5.91 Å². The highest BCUT2D eigenvalue weighted by atomic mass is 16.5. The highest BCUT2D eigenvalue weighted by Crippen LogP contribution is 2.29. The summed E-state index contributed by atoms with van der Waals surface area (Å²) in [6.07, 6.45) is 0.241. The van der Waals surface area contributed by atoms with Crippen LogP contribution in [0.25, 0.3) is 11.0 Å². The number of ether oxygens (including phenoxy) is 2. The Hall–Kier alpha value is -2.38. The van der Waals surface area contributed by atoms with Crippen molar-refractivity contribution in [2.75, 3.05) is 39.4 Å². The fraction of sp³-hybridized carbons (Fsp3) is 0.545. The van der Waals surface area contributed by atoms with Gasteiger partial charge in [0.15, 0.2) is 6.10 Å². The van der Waals surface area contributed by atoms with E-state index in [2.05, 4.69) is 10.2 Å². The molecule has 0 unspecified atom stereocenters. The van der Waals surface area contributed by atoms with E-state index in [9.17, 15) is 9.59 Å². The molecule has 2 heterocycles. The minimum Gasteiger partial charge on any atom is -0.480 e. The predicted octanol–water partition coefficient (Wildman–Crippen LogP) is 2.32. The number of nitrogens with one attached hydrogen (secondary N) is 1. The molecule has 1 atom stereocenters. The van der Waals surface area contributed by atoms with Crippen LogP contribution in [-0.4, -0.2) is 56.3 Å². The molecule has 1 aliphatic rings. The zero-order chi connectivity index (χ0) is 21.0. The van der Waals surface area contributed by atoms with Crippen LogP contribution in [0.5, 0.6) is 5.75 Å². The first-order valence-electron chi connectivity index (χ1n) is 10.2. The lowest BCUT2D eigenvalue weighted by Crippen LogP contribution is -2.40. The number of hydrogen-bond acceptors (Lipinski definition) is 6. The van der Waals surface area contributed by atoms with E-state index in [0.29, 0.717) is 23.4 Å². The largest absolute Gasteiger partial charge is 0.480 e. The van der Waals surface area contributed by atoms with E-state index >= 15 is 0 Å². The van der Waals surface area contributed by atoms with Crippen molar-refractivity contribution in [3.05, 3.63) is 39.2 Å². The van der Waals surface area contributed by atoms with Gasteiger partial charge in [-0.05, 0) is 58.4 Å². The van der Waals surface area contributed by atoms with Crippen molar-refractivity contribution in [3.63, 3.8) is 0 Å². The average molecular weight is 402 g/mol. The molecular formula is C22H30N2O5. The number of benzene rings is 1. The lowest BCUT2D eigenvalue weighted by Gasteiger charge is -2.26. The number of rotatable bonds is 7. The van der Waals surface area contributed by atoms with Gasteiger partial charge in [-0.1, -0.05) is 0 Å². The predicted molar refractivity (Wildman–Crippen MR) is 112 cm³/mol. The van der Waals surface area contributed by atoms with E-state index in [1.54, 1.807) is 13.8 Å². The third-order valence-electron chi connectivity index (χ3n) is 5.55. The van der Waals surface area contributed by atoms with Crippen LogP contribution in [-0.2, 0) is 9.53 Å². The maximum Gasteiger partial charge on any atom is 0.339 e. The fourth-order valence-corrected chi connectivity index (χ4v) is 3.48. The summed E-state index contributed by atoms with van der Waals surface area (Å²) in [4.78, 5) is 26.7. The zero-order valence-electron chi connectivity index (χ0n) is 17.7. The fourth-order valence-electron chi connectivity index (χ4n) is 3.48. The topological polar surface area (TPSA) is 81.0 Å². The second-order valence-electron chi connectivity index (χ2n) is 7.56. The Morgan fingerprint density at radius 3 is 2.62 bits per heavy atom. The molecule has 1 saturated heterocycles. The molecule has 0 radical (unpaired) electrons. The van der Waals surface area contributed by atoms with Gasteiger partial charge in [-0.2, -0.15) is 0 Å². The Balaban J connectivity index is 1.58. The van der Waals surface area contributed by atoms with Crippen molar-refractivity contribution in [1.29, 1.82) is 0 Å². The number of hydrogen-bond donors (Lipinski definition) is 1. The minimum atomic E-state index is -0.646. The van der Waals surface area contributed by atoms with E-state index in [1.165, 1.54) is 0 Å². The smallest absolute Gasteiger partial charge is 0.339 e. The van der Waals surface area contributed by atoms with Crippen molar-refractivity contribution in [1.82, 2.24) is 10.2 Å². The van der Waals surface area contributed by atoms with Gasteiger partial charge in [-0.3, -0.25) is 9.69 Å². The Kier molecular flexibility index (Phi) is 6.92. The lowest BCUT2D eigenvalue weighted by atomic mass is 10.0. The summed E-state index contributed by atoms with van der Waals surface area (Å²) in [6, 6.07) is 3.70. The molecule has 1 aliphatic heterocycles. The summed E-state index contributed by atoms with van der Waals surface area (Å²) in [5, 5.41) is 3.81. The number of carbonyl (C=O) groups excluding carboxylic acids is 1. The molecule has 2 aromatic rings. The van der Waals surface area contributed by atoms with Gasteiger partial charge < -0.3 is 19.2 Å². The molecule has 158 valence electrons. The Morgan fingerprint density at radius 1 is 1.17 bits per heavy atom. The van der Waals surface area contributed by atoms with Crippen molar-refractivity contribution in [2.24, 2.45) is 0 Å². The number of fused-ring (bicyclic) bond motifs is 1. The monoisotopic (exact) mass is 402 g/mol. The van der Waals surface area contributed by atoms with Crippen LogP contribution in [0.15, 0.2) is 21.3 Å². The molecular weight excluding hydrogens is 372 g/mol. The maximum atomic E-state index is 12.4. The quantitative estimate of drug-likeness (QED) is 0.566. The van der Waals surface area contributed by atoms with Crippen LogP contribution in [0, 0.1) is 20.8 Å².